The number of ether oxygens (including phenoxy) is 1. The molecule has 1 aliphatic heterocycles. The molecule has 1 heterocycles. The molecular weight excluding hydrogens is 368 g/mol. The molecule has 0 saturated carbocycles. The van der Waals surface area contributed by atoms with Crippen LogP contribution >= 0.6 is 11.8 Å². The van der Waals surface area contributed by atoms with E-state index in [0.29, 0.717) is 12.0 Å². The van der Waals surface area contributed by atoms with Gasteiger partial charge in [0.05, 0.1) is 29.7 Å². The van der Waals surface area contributed by atoms with E-state index in [1.165, 1.54) is 0 Å². The van der Waals surface area contributed by atoms with Gasteiger partial charge in [-0.2, -0.15) is 5.26 Å². The summed E-state index contributed by atoms with van der Waals surface area (Å²) in [5.41, 5.74) is 3.29. The first-order chi connectivity index (χ1) is 13.4. The topological polar surface area (TPSA) is 62.1 Å². The van der Waals surface area contributed by atoms with Gasteiger partial charge in [0.25, 0.3) is 0 Å². The molecule has 0 spiro atoms. The Hall–Kier alpha value is -2.19. The molecule has 0 amide bonds. The Morgan fingerprint density at radius 3 is 2.61 bits per heavy atom. The maximum absolute atomic E-state index is 13.1. The number of nitriles is 1. The summed E-state index contributed by atoms with van der Waals surface area (Å²) in [6, 6.07) is 10.1. The van der Waals surface area contributed by atoms with Crippen LogP contribution < -0.4 is 10.1 Å². The molecule has 5 heteroatoms. The van der Waals surface area contributed by atoms with Crippen molar-refractivity contribution in [2.75, 3.05) is 12.9 Å². The van der Waals surface area contributed by atoms with Crippen molar-refractivity contribution in [2.45, 2.75) is 52.4 Å². The quantitative estimate of drug-likeness (QED) is 0.662. The molecule has 1 aromatic rings. The second-order valence-electron chi connectivity index (χ2n) is 8.22. The third-order valence-electron chi connectivity index (χ3n) is 5.32. The van der Waals surface area contributed by atoms with Crippen molar-refractivity contribution in [3.8, 4) is 11.8 Å². The van der Waals surface area contributed by atoms with Crippen molar-refractivity contribution in [3.63, 3.8) is 0 Å². The number of thioether (sulfide) groups is 1. The molecule has 1 aliphatic carbocycles. The lowest BCUT2D eigenvalue weighted by molar-refractivity contribution is -0.118. The molecular formula is C23H28N2O2S. The molecule has 1 aromatic carbocycles. The van der Waals surface area contributed by atoms with E-state index >= 15 is 0 Å². The van der Waals surface area contributed by atoms with E-state index in [-0.39, 0.29) is 17.1 Å². The van der Waals surface area contributed by atoms with Crippen LogP contribution in [0, 0.1) is 16.7 Å². The van der Waals surface area contributed by atoms with E-state index < -0.39 is 0 Å². The van der Waals surface area contributed by atoms with E-state index in [0.717, 1.165) is 52.6 Å². The Morgan fingerprint density at radius 1 is 1.29 bits per heavy atom. The summed E-state index contributed by atoms with van der Waals surface area (Å²) in [5.74, 6) is 1.56. The van der Waals surface area contributed by atoms with Crippen LogP contribution in [0.5, 0.6) is 5.75 Å². The maximum Gasteiger partial charge on any atom is 0.162 e. The molecule has 0 fully saturated rings. The molecule has 0 aromatic heterocycles. The summed E-state index contributed by atoms with van der Waals surface area (Å²) in [6.45, 7) is 6.43. The number of rotatable bonds is 6. The van der Waals surface area contributed by atoms with Crippen LogP contribution in [0.25, 0.3) is 0 Å². The SMILES string of the molecule is CCCCSC1=C(C#N)[C@@H](c2ccc(OC)cc2)C2=C(CC(C)(C)CC2=O)N1. The summed E-state index contributed by atoms with van der Waals surface area (Å²) in [6.07, 6.45) is 3.54. The first-order valence-corrected chi connectivity index (χ1v) is 10.8. The number of dihydropyridines is 1. The zero-order chi connectivity index (χ0) is 20.3. The largest absolute Gasteiger partial charge is 0.497 e. The van der Waals surface area contributed by atoms with Gasteiger partial charge in [0.1, 0.15) is 5.75 Å². The monoisotopic (exact) mass is 396 g/mol. The number of carbonyl (C=O) groups is 1. The highest BCUT2D eigenvalue weighted by Gasteiger charge is 2.41. The average Bonchev–Trinajstić information content (AvgIpc) is 2.66. The van der Waals surface area contributed by atoms with Gasteiger partial charge in [-0.3, -0.25) is 4.79 Å². The Balaban J connectivity index is 2.09. The van der Waals surface area contributed by atoms with Crippen LogP contribution in [0.2, 0.25) is 0 Å². The standard InChI is InChI=1S/C23H28N2O2S/c1-5-6-11-28-22-17(14-24)20(15-7-9-16(27-4)10-8-15)21-18(25-22)12-23(2,3)13-19(21)26/h7-10,20,25H,5-6,11-13H2,1-4H3/t20-/m1/s1. The maximum atomic E-state index is 13.1. The van der Waals surface area contributed by atoms with Crippen LogP contribution in [0.4, 0.5) is 0 Å². The van der Waals surface area contributed by atoms with Gasteiger partial charge in [-0.05, 0) is 41.7 Å². The Bertz CT molecular complexity index is 860. The number of carbonyl (C=O) groups excluding carboxylic acids is 1. The van der Waals surface area contributed by atoms with E-state index in [4.69, 9.17) is 4.74 Å². The van der Waals surface area contributed by atoms with Crippen molar-refractivity contribution in [3.05, 3.63) is 51.7 Å². The van der Waals surface area contributed by atoms with Gasteiger partial charge in [-0.1, -0.05) is 39.3 Å². The van der Waals surface area contributed by atoms with Gasteiger partial charge >= 0.3 is 0 Å². The van der Waals surface area contributed by atoms with Crippen molar-refractivity contribution in [1.82, 2.24) is 5.32 Å². The number of Topliss-reactive ketones (excluding diaryl/α,β-unsaturated/α-hetero) is 1. The van der Waals surface area contributed by atoms with E-state index in [9.17, 15) is 10.1 Å². The van der Waals surface area contributed by atoms with Crippen LogP contribution in [-0.2, 0) is 4.79 Å². The Kier molecular flexibility index (Phi) is 6.20. The number of nitrogens with one attached hydrogen (secondary N) is 1. The molecule has 0 unspecified atom stereocenters. The molecule has 0 bridgehead atoms. The minimum absolute atomic E-state index is 0.0727. The second-order valence-corrected chi connectivity index (χ2v) is 9.33. The summed E-state index contributed by atoms with van der Waals surface area (Å²) in [5, 5.41) is 14.4. The Labute approximate surface area is 172 Å². The van der Waals surface area contributed by atoms with Gasteiger partial charge < -0.3 is 10.1 Å². The number of unbranched alkanes of at least 4 members (excludes halogenated alkanes) is 1. The number of hydrogen-bond acceptors (Lipinski definition) is 5. The van der Waals surface area contributed by atoms with Crippen LogP contribution in [0.1, 0.15) is 57.9 Å². The van der Waals surface area contributed by atoms with Crippen LogP contribution in [0.3, 0.4) is 0 Å². The van der Waals surface area contributed by atoms with E-state index in [1.807, 2.05) is 24.3 Å². The fourth-order valence-corrected chi connectivity index (χ4v) is 5.09. The highest BCUT2D eigenvalue weighted by atomic mass is 32.2. The molecule has 0 saturated heterocycles. The number of allylic oxidation sites excluding steroid dienone is 3. The molecule has 1 atom stereocenters. The minimum Gasteiger partial charge on any atom is -0.497 e. The first-order valence-electron chi connectivity index (χ1n) is 9.84. The molecule has 1 N–H and O–H groups in total. The van der Waals surface area contributed by atoms with Crippen molar-refractivity contribution in [1.29, 1.82) is 5.26 Å². The highest BCUT2D eigenvalue weighted by Crippen LogP contribution is 2.48. The first kappa shape index (κ1) is 20.5. The third-order valence-corrected chi connectivity index (χ3v) is 6.42. The number of nitrogens with zero attached hydrogens (tertiary/aromatic N) is 1. The lowest BCUT2D eigenvalue weighted by atomic mass is 9.69. The lowest BCUT2D eigenvalue weighted by Crippen LogP contribution is -2.36. The summed E-state index contributed by atoms with van der Waals surface area (Å²) in [7, 11) is 1.63. The molecule has 3 rings (SSSR count). The number of benzene rings is 1. The van der Waals surface area contributed by atoms with Gasteiger partial charge in [0.2, 0.25) is 0 Å². The van der Waals surface area contributed by atoms with Crippen molar-refractivity contribution >= 4 is 17.5 Å². The Morgan fingerprint density at radius 2 is 2.00 bits per heavy atom. The van der Waals surface area contributed by atoms with Crippen molar-refractivity contribution < 1.29 is 9.53 Å². The predicted molar refractivity (Wildman–Crippen MR) is 114 cm³/mol. The number of methoxy groups -OCH3 is 1. The average molecular weight is 397 g/mol. The fourth-order valence-electron chi connectivity index (χ4n) is 3.94. The fraction of sp³-hybridized carbons (Fsp3) is 0.478. The molecule has 0 radical (unpaired) electrons. The summed E-state index contributed by atoms with van der Waals surface area (Å²) >= 11 is 1.69. The summed E-state index contributed by atoms with van der Waals surface area (Å²) < 4.78 is 5.28. The van der Waals surface area contributed by atoms with Crippen molar-refractivity contribution in [2.24, 2.45) is 5.41 Å². The predicted octanol–water partition coefficient (Wildman–Crippen LogP) is 5.29. The van der Waals surface area contributed by atoms with Crippen LogP contribution in [0.15, 0.2) is 46.1 Å². The van der Waals surface area contributed by atoms with Gasteiger partial charge in [0.15, 0.2) is 5.78 Å². The van der Waals surface area contributed by atoms with Crippen LogP contribution in [-0.4, -0.2) is 18.6 Å². The lowest BCUT2D eigenvalue weighted by Gasteiger charge is -2.39. The third kappa shape index (κ3) is 4.12. The highest BCUT2D eigenvalue weighted by molar-refractivity contribution is 8.03. The second kappa shape index (κ2) is 8.45. The number of hydrogen-bond donors (Lipinski definition) is 1. The minimum atomic E-state index is -0.306. The van der Waals surface area contributed by atoms with Gasteiger partial charge in [-0.25, -0.2) is 0 Å². The zero-order valence-corrected chi connectivity index (χ0v) is 17.9. The zero-order valence-electron chi connectivity index (χ0n) is 17.1. The molecule has 4 nitrogen and oxygen atoms in total. The van der Waals surface area contributed by atoms with E-state index in [1.54, 1.807) is 18.9 Å². The van der Waals surface area contributed by atoms with Gasteiger partial charge in [0, 0.05) is 17.7 Å². The van der Waals surface area contributed by atoms with E-state index in [2.05, 4.69) is 32.2 Å². The normalized spacial score (nSPS) is 21.1. The molecule has 148 valence electrons. The smallest absolute Gasteiger partial charge is 0.162 e. The molecule has 28 heavy (non-hydrogen) atoms. The number of ketones is 1. The van der Waals surface area contributed by atoms with Gasteiger partial charge in [-0.15, -0.1) is 11.8 Å². The summed E-state index contributed by atoms with van der Waals surface area (Å²) in [4.78, 5) is 13.1. The molecule has 2 aliphatic rings.